The van der Waals surface area contributed by atoms with Gasteiger partial charge in [0, 0.05) is 12.1 Å². The van der Waals surface area contributed by atoms with Crippen LogP contribution < -0.4 is 14.8 Å². The van der Waals surface area contributed by atoms with Crippen molar-refractivity contribution in [1.29, 1.82) is 0 Å². The second kappa shape index (κ2) is 5.86. The smallest absolute Gasteiger partial charge is 0.308 e. The van der Waals surface area contributed by atoms with Gasteiger partial charge in [-0.2, -0.15) is 0 Å². The summed E-state index contributed by atoms with van der Waals surface area (Å²) in [6, 6.07) is 2.27. The second-order valence-corrected chi connectivity index (χ2v) is 4.83. The number of nitro groups is 1. The van der Waals surface area contributed by atoms with Crippen molar-refractivity contribution in [2.24, 2.45) is 5.92 Å². The predicted octanol–water partition coefficient (Wildman–Crippen LogP) is 1.89. The summed E-state index contributed by atoms with van der Waals surface area (Å²) in [4.78, 5) is 21.6. The van der Waals surface area contributed by atoms with Gasteiger partial charge in [0.2, 0.25) is 0 Å². The lowest BCUT2D eigenvalue weighted by molar-refractivity contribution is -0.384. The quantitative estimate of drug-likeness (QED) is 0.630. The first-order valence-electron chi connectivity index (χ1n) is 6.47. The summed E-state index contributed by atoms with van der Waals surface area (Å²) in [5.41, 5.74) is 0.0357. The molecule has 0 aromatic heterocycles. The third kappa shape index (κ3) is 3.15. The summed E-state index contributed by atoms with van der Waals surface area (Å²) in [5.74, 6) is -0.949. The molecule has 21 heavy (non-hydrogen) atoms. The lowest BCUT2D eigenvalue weighted by Crippen LogP contribution is -2.30. The number of nitrogens with zero attached hydrogens (tertiary/aromatic N) is 1. The van der Waals surface area contributed by atoms with Crippen LogP contribution in [0.15, 0.2) is 12.1 Å². The number of aliphatic carboxylic acids is 1. The summed E-state index contributed by atoms with van der Waals surface area (Å²) < 4.78 is 10.7. The molecule has 8 heteroatoms. The van der Waals surface area contributed by atoms with E-state index in [0.717, 1.165) is 0 Å². The molecule has 0 bridgehead atoms. The minimum absolute atomic E-state index is 0.177. The fraction of sp³-hybridized carbons (Fsp3) is 0.462. The Balaban J connectivity index is 2.33. The van der Waals surface area contributed by atoms with Gasteiger partial charge in [0.05, 0.1) is 16.9 Å². The number of ether oxygens (including phenoxy) is 2. The Morgan fingerprint density at radius 2 is 1.90 bits per heavy atom. The molecular weight excluding hydrogens is 280 g/mol. The SMILES string of the molecule is CC(Nc1cc2c(cc1[N+](=O)[O-])OCCO2)C(C)C(=O)O. The van der Waals surface area contributed by atoms with Crippen LogP contribution in [0.25, 0.3) is 0 Å². The summed E-state index contributed by atoms with van der Waals surface area (Å²) >= 11 is 0. The highest BCUT2D eigenvalue weighted by atomic mass is 16.6. The van der Waals surface area contributed by atoms with Crippen molar-refractivity contribution >= 4 is 17.3 Å². The van der Waals surface area contributed by atoms with E-state index in [0.29, 0.717) is 24.7 Å². The molecule has 1 heterocycles. The number of anilines is 1. The Morgan fingerprint density at radius 3 is 2.43 bits per heavy atom. The summed E-state index contributed by atoms with van der Waals surface area (Å²) in [7, 11) is 0. The van der Waals surface area contributed by atoms with Gasteiger partial charge in [0.1, 0.15) is 18.9 Å². The van der Waals surface area contributed by atoms with Crippen molar-refractivity contribution in [2.45, 2.75) is 19.9 Å². The predicted molar refractivity (Wildman–Crippen MR) is 74.0 cm³/mol. The van der Waals surface area contributed by atoms with Gasteiger partial charge < -0.3 is 19.9 Å². The van der Waals surface area contributed by atoms with Crippen LogP contribution in [0.3, 0.4) is 0 Å². The molecule has 0 saturated carbocycles. The van der Waals surface area contributed by atoms with E-state index in [2.05, 4.69) is 5.32 Å². The number of hydrogen-bond donors (Lipinski definition) is 2. The van der Waals surface area contributed by atoms with Crippen molar-refractivity contribution in [3.8, 4) is 11.5 Å². The average molecular weight is 296 g/mol. The molecule has 2 rings (SSSR count). The first kappa shape index (κ1) is 14.9. The molecule has 2 N–H and O–H groups in total. The van der Waals surface area contributed by atoms with Crippen molar-refractivity contribution < 1.29 is 24.3 Å². The molecule has 1 aliphatic rings. The molecule has 2 atom stereocenters. The van der Waals surface area contributed by atoms with E-state index in [9.17, 15) is 14.9 Å². The van der Waals surface area contributed by atoms with Crippen LogP contribution >= 0.6 is 0 Å². The number of hydrogen-bond acceptors (Lipinski definition) is 6. The summed E-state index contributed by atoms with van der Waals surface area (Å²) in [6.45, 7) is 3.89. The van der Waals surface area contributed by atoms with Gasteiger partial charge in [-0.05, 0) is 13.8 Å². The maximum absolute atomic E-state index is 11.1. The van der Waals surface area contributed by atoms with E-state index in [1.165, 1.54) is 19.1 Å². The Hall–Kier alpha value is -2.51. The zero-order chi connectivity index (χ0) is 15.6. The van der Waals surface area contributed by atoms with Gasteiger partial charge in [-0.1, -0.05) is 0 Å². The zero-order valence-electron chi connectivity index (χ0n) is 11.7. The van der Waals surface area contributed by atoms with Crippen molar-refractivity contribution in [1.82, 2.24) is 0 Å². The molecule has 2 unspecified atom stereocenters. The lowest BCUT2D eigenvalue weighted by atomic mass is 10.0. The maximum atomic E-state index is 11.1. The Labute approximate surface area is 120 Å². The minimum Gasteiger partial charge on any atom is -0.486 e. The fourth-order valence-corrected chi connectivity index (χ4v) is 1.93. The molecule has 0 fully saturated rings. The molecule has 0 spiro atoms. The first-order chi connectivity index (χ1) is 9.90. The molecular formula is C13H16N2O6. The molecule has 1 aromatic rings. The van der Waals surface area contributed by atoms with Gasteiger partial charge in [0.25, 0.3) is 5.69 Å². The fourth-order valence-electron chi connectivity index (χ4n) is 1.93. The number of nitrogens with one attached hydrogen (secondary N) is 1. The summed E-state index contributed by atoms with van der Waals surface area (Å²) in [5, 5.41) is 23.0. The van der Waals surface area contributed by atoms with Crippen molar-refractivity contribution in [3.63, 3.8) is 0 Å². The van der Waals surface area contributed by atoms with E-state index in [1.54, 1.807) is 6.92 Å². The molecule has 0 radical (unpaired) electrons. The van der Waals surface area contributed by atoms with Gasteiger partial charge in [-0.15, -0.1) is 0 Å². The van der Waals surface area contributed by atoms with Gasteiger partial charge in [-0.25, -0.2) is 0 Å². The standard InChI is InChI=1S/C13H16N2O6/c1-7(13(16)17)8(2)14-9-5-11-12(21-4-3-20-11)6-10(9)15(18)19/h5-8,14H,3-4H2,1-2H3,(H,16,17). The number of nitro benzene ring substituents is 1. The van der Waals surface area contributed by atoms with Crippen LogP contribution in [0.1, 0.15) is 13.8 Å². The molecule has 8 nitrogen and oxygen atoms in total. The molecule has 1 aliphatic heterocycles. The zero-order valence-corrected chi connectivity index (χ0v) is 11.7. The van der Waals surface area contributed by atoms with Crippen LogP contribution in [0.4, 0.5) is 11.4 Å². The van der Waals surface area contributed by atoms with E-state index < -0.39 is 22.9 Å². The van der Waals surface area contributed by atoms with E-state index >= 15 is 0 Å². The second-order valence-electron chi connectivity index (χ2n) is 4.83. The van der Waals surface area contributed by atoms with E-state index in [1.807, 2.05) is 0 Å². The monoisotopic (exact) mass is 296 g/mol. The number of rotatable bonds is 5. The van der Waals surface area contributed by atoms with Gasteiger partial charge in [-0.3, -0.25) is 14.9 Å². The van der Waals surface area contributed by atoms with Crippen LogP contribution in [-0.2, 0) is 4.79 Å². The minimum atomic E-state index is -0.977. The van der Waals surface area contributed by atoms with Crippen molar-refractivity contribution in [2.75, 3.05) is 18.5 Å². The topological polar surface area (TPSA) is 111 Å². The molecule has 0 amide bonds. The number of fused-ring (bicyclic) bond motifs is 1. The third-order valence-corrected chi connectivity index (χ3v) is 3.38. The Bertz CT molecular complexity index is 574. The molecule has 114 valence electrons. The number of carboxylic acid groups (broad SMARTS) is 1. The number of carbonyl (C=O) groups is 1. The third-order valence-electron chi connectivity index (χ3n) is 3.38. The van der Waals surface area contributed by atoms with Gasteiger partial charge in [0.15, 0.2) is 11.5 Å². The Kier molecular flexibility index (Phi) is 4.15. The van der Waals surface area contributed by atoms with Crippen LogP contribution in [-0.4, -0.2) is 35.3 Å². The molecule has 1 aromatic carbocycles. The number of carboxylic acids is 1. The average Bonchev–Trinajstić information content (AvgIpc) is 2.45. The highest BCUT2D eigenvalue weighted by Gasteiger charge is 2.26. The van der Waals surface area contributed by atoms with E-state index in [4.69, 9.17) is 14.6 Å². The molecule has 0 saturated heterocycles. The highest BCUT2D eigenvalue weighted by molar-refractivity contribution is 5.73. The normalized spacial score (nSPS) is 15.9. The number of benzene rings is 1. The van der Waals surface area contributed by atoms with Gasteiger partial charge >= 0.3 is 5.97 Å². The molecule has 0 aliphatic carbocycles. The lowest BCUT2D eigenvalue weighted by Gasteiger charge is -2.22. The van der Waals surface area contributed by atoms with E-state index in [-0.39, 0.29) is 11.4 Å². The van der Waals surface area contributed by atoms with Crippen LogP contribution in [0, 0.1) is 16.0 Å². The van der Waals surface area contributed by atoms with Crippen molar-refractivity contribution in [3.05, 3.63) is 22.2 Å². The summed E-state index contributed by atoms with van der Waals surface area (Å²) in [6.07, 6.45) is 0. The Morgan fingerprint density at radius 1 is 1.33 bits per heavy atom. The van der Waals surface area contributed by atoms with Crippen LogP contribution in [0.2, 0.25) is 0 Å². The highest BCUT2D eigenvalue weighted by Crippen LogP contribution is 2.39. The van der Waals surface area contributed by atoms with Crippen LogP contribution in [0.5, 0.6) is 11.5 Å². The maximum Gasteiger partial charge on any atom is 0.308 e. The first-order valence-corrected chi connectivity index (χ1v) is 6.47. The largest absolute Gasteiger partial charge is 0.486 e.